The summed E-state index contributed by atoms with van der Waals surface area (Å²) in [6.07, 6.45) is 3.89. The molecule has 6 nitrogen and oxygen atoms in total. The van der Waals surface area contributed by atoms with Crippen LogP contribution in [0.25, 0.3) is 0 Å². The number of amides is 1. The van der Waals surface area contributed by atoms with Crippen LogP contribution in [0.3, 0.4) is 0 Å². The van der Waals surface area contributed by atoms with Gasteiger partial charge in [0.15, 0.2) is 0 Å². The number of rotatable bonds is 4. The lowest BCUT2D eigenvalue weighted by Crippen LogP contribution is -2.19. The molecular formula is C10H11N3O3. The second kappa shape index (κ2) is 6.28. The average Bonchev–Trinajstić information content (AvgIpc) is 2.30. The number of carbonyl (C=O) groups excluding carboxylic acids is 2. The molecule has 1 heterocycles. The van der Waals surface area contributed by atoms with Crippen LogP contribution in [0, 0.1) is 0 Å². The van der Waals surface area contributed by atoms with E-state index < -0.39 is 11.9 Å². The third kappa shape index (κ3) is 3.87. The summed E-state index contributed by atoms with van der Waals surface area (Å²) in [7, 11) is 0. The highest BCUT2D eigenvalue weighted by atomic mass is 16.5. The number of hydrogen-bond donors (Lipinski definition) is 1. The number of ether oxygens (including phenoxy) is 1. The van der Waals surface area contributed by atoms with Gasteiger partial charge in [-0.3, -0.25) is 9.78 Å². The predicted molar refractivity (Wildman–Crippen MR) is 56.8 cm³/mol. The Morgan fingerprint density at radius 2 is 2.19 bits per heavy atom. The molecule has 0 saturated heterocycles. The normalized spacial score (nSPS) is 10.1. The molecule has 0 unspecified atom stereocenters. The van der Waals surface area contributed by atoms with Gasteiger partial charge in [-0.15, -0.1) is 0 Å². The van der Waals surface area contributed by atoms with E-state index in [1.165, 1.54) is 24.5 Å². The molecule has 0 aliphatic carbocycles. The number of hydrogen-bond acceptors (Lipinski definition) is 5. The topological polar surface area (TPSA) is 80.6 Å². The fourth-order valence-corrected chi connectivity index (χ4v) is 0.891. The first kappa shape index (κ1) is 11.8. The SMILES string of the molecule is CCOC(=O)/C=N/NC(=O)c1ccncc1. The standard InChI is InChI=1S/C10H11N3O3/c1-2-16-9(14)7-12-13-10(15)8-3-5-11-6-4-8/h3-7H,2H2,1H3,(H,13,15)/b12-7+. The van der Waals surface area contributed by atoms with Crippen molar-refractivity contribution >= 4 is 18.1 Å². The maximum Gasteiger partial charge on any atom is 0.351 e. The Hall–Kier alpha value is -2.24. The van der Waals surface area contributed by atoms with Gasteiger partial charge in [0.05, 0.1) is 6.61 Å². The zero-order chi connectivity index (χ0) is 11.8. The molecule has 84 valence electrons. The van der Waals surface area contributed by atoms with Crippen molar-refractivity contribution < 1.29 is 14.3 Å². The molecule has 1 aromatic rings. The maximum atomic E-state index is 11.4. The molecule has 0 saturated carbocycles. The van der Waals surface area contributed by atoms with Crippen molar-refractivity contribution in [1.82, 2.24) is 10.4 Å². The Labute approximate surface area is 92.3 Å². The van der Waals surface area contributed by atoms with E-state index in [1.54, 1.807) is 6.92 Å². The third-order valence-corrected chi connectivity index (χ3v) is 1.57. The third-order valence-electron chi connectivity index (χ3n) is 1.57. The Balaban J connectivity index is 2.45. The second-order valence-electron chi connectivity index (χ2n) is 2.69. The molecular weight excluding hydrogens is 210 g/mol. The van der Waals surface area contributed by atoms with E-state index in [1.807, 2.05) is 0 Å². The van der Waals surface area contributed by atoms with Gasteiger partial charge in [0.25, 0.3) is 5.91 Å². The molecule has 0 bridgehead atoms. The lowest BCUT2D eigenvalue weighted by atomic mass is 10.3. The van der Waals surface area contributed by atoms with Crippen molar-refractivity contribution in [3.05, 3.63) is 30.1 Å². The molecule has 16 heavy (non-hydrogen) atoms. The molecule has 1 N–H and O–H groups in total. The Morgan fingerprint density at radius 3 is 2.81 bits per heavy atom. The van der Waals surface area contributed by atoms with E-state index in [2.05, 4.69) is 20.2 Å². The van der Waals surface area contributed by atoms with Crippen LogP contribution in [0.15, 0.2) is 29.6 Å². The van der Waals surface area contributed by atoms with Crippen LogP contribution in [0.4, 0.5) is 0 Å². The Bertz CT molecular complexity index is 390. The van der Waals surface area contributed by atoms with Gasteiger partial charge in [0.1, 0.15) is 6.21 Å². The molecule has 1 aromatic heterocycles. The van der Waals surface area contributed by atoms with Crippen molar-refractivity contribution in [3.8, 4) is 0 Å². The number of hydrazone groups is 1. The van der Waals surface area contributed by atoms with Crippen LogP contribution in [-0.2, 0) is 9.53 Å². The Morgan fingerprint density at radius 1 is 1.50 bits per heavy atom. The number of nitrogens with zero attached hydrogens (tertiary/aromatic N) is 2. The van der Waals surface area contributed by atoms with Crippen molar-refractivity contribution in [2.24, 2.45) is 5.10 Å². The van der Waals surface area contributed by atoms with E-state index in [0.717, 1.165) is 6.21 Å². The van der Waals surface area contributed by atoms with Crippen LogP contribution in [0.1, 0.15) is 17.3 Å². The zero-order valence-corrected chi connectivity index (χ0v) is 8.71. The van der Waals surface area contributed by atoms with Crippen LogP contribution in [0.2, 0.25) is 0 Å². The molecule has 0 aliphatic rings. The first-order chi connectivity index (χ1) is 7.74. The number of pyridine rings is 1. The summed E-state index contributed by atoms with van der Waals surface area (Å²) in [5.41, 5.74) is 2.60. The van der Waals surface area contributed by atoms with E-state index in [9.17, 15) is 9.59 Å². The van der Waals surface area contributed by atoms with E-state index in [-0.39, 0.29) is 6.61 Å². The molecule has 1 rings (SSSR count). The quantitative estimate of drug-likeness (QED) is 0.452. The summed E-state index contributed by atoms with van der Waals surface area (Å²) in [5.74, 6) is -1.01. The average molecular weight is 221 g/mol. The highest BCUT2D eigenvalue weighted by Gasteiger charge is 2.02. The molecule has 0 spiro atoms. The van der Waals surface area contributed by atoms with E-state index in [4.69, 9.17) is 0 Å². The smallest absolute Gasteiger partial charge is 0.351 e. The van der Waals surface area contributed by atoms with Crippen LogP contribution >= 0.6 is 0 Å². The first-order valence-corrected chi connectivity index (χ1v) is 4.64. The van der Waals surface area contributed by atoms with Gasteiger partial charge in [-0.05, 0) is 19.1 Å². The van der Waals surface area contributed by atoms with Gasteiger partial charge < -0.3 is 4.74 Å². The van der Waals surface area contributed by atoms with Gasteiger partial charge in [-0.1, -0.05) is 0 Å². The lowest BCUT2D eigenvalue weighted by Gasteiger charge is -1.98. The maximum absolute atomic E-state index is 11.4. The number of carbonyl (C=O) groups is 2. The highest BCUT2D eigenvalue weighted by Crippen LogP contribution is 1.94. The monoisotopic (exact) mass is 221 g/mol. The van der Waals surface area contributed by atoms with Crippen LogP contribution in [0.5, 0.6) is 0 Å². The summed E-state index contributed by atoms with van der Waals surface area (Å²) >= 11 is 0. The molecule has 0 aliphatic heterocycles. The summed E-state index contributed by atoms with van der Waals surface area (Å²) in [6, 6.07) is 3.07. The second-order valence-corrected chi connectivity index (χ2v) is 2.69. The van der Waals surface area contributed by atoms with Crippen molar-refractivity contribution in [2.75, 3.05) is 6.61 Å². The molecule has 0 fully saturated rings. The van der Waals surface area contributed by atoms with Gasteiger partial charge in [0, 0.05) is 18.0 Å². The fraction of sp³-hybridized carbons (Fsp3) is 0.200. The van der Waals surface area contributed by atoms with Crippen LogP contribution in [-0.4, -0.2) is 29.7 Å². The summed E-state index contributed by atoms with van der Waals surface area (Å²) < 4.78 is 4.58. The summed E-state index contributed by atoms with van der Waals surface area (Å²) in [5, 5.41) is 3.45. The molecule has 6 heteroatoms. The number of nitrogens with one attached hydrogen (secondary N) is 1. The Kier molecular flexibility index (Phi) is 4.65. The summed E-state index contributed by atoms with van der Waals surface area (Å²) in [4.78, 5) is 26.0. The number of aromatic nitrogens is 1. The minimum absolute atomic E-state index is 0.267. The molecule has 0 radical (unpaired) electrons. The molecule has 1 amide bonds. The van der Waals surface area contributed by atoms with Crippen molar-refractivity contribution in [2.45, 2.75) is 6.92 Å². The molecule has 0 aromatic carbocycles. The van der Waals surface area contributed by atoms with Gasteiger partial charge in [-0.2, -0.15) is 5.10 Å². The minimum Gasteiger partial charge on any atom is -0.462 e. The number of esters is 1. The van der Waals surface area contributed by atoms with Crippen molar-refractivity contribution in [3.63, 3.8) is 0 Å². The first-order valence-electron chi connectivity index (χ1n) is 4.64. The van der Waals surface area contributed by atoms with Crippen molar-refractivity contribution in [1.29, 1.82) is 0 Å². The highest BCUT2D eigenvalue weighted by molar-refractivity contribution is 6.23. The largest absolute Gasteiger partial charge is 0.462 e. The fourth-order valence-electron chi connectivity index (χ4n) is 0.891. The minimum atomic E-state index is -0.600. The van der Waals surface area contributed by atoms with Crippen LogP contribution < -0.4 is 5.43 Å². The summed E-state index contributed by atoms with van der Waals surface area (Å²) in [6.45, 7) is 1.95. The molecule has 0 atom stereocenters. The predicted octanol–water partition coefficient (Wildman–Crippen LogP) is 0.360. The van der Waals surface area contributed by atoms with E-state index >= 15 is 0 Å². The van der Waals surface area contributed by atoms with Gasteiger partial charge in [0.2, 0.25) is 0 Å². The lowest BCUT2D eigenvalue weighted by molar-refractivity contribution is -0.134. The zero-order valence-electron chi connectivity index (χ0n) is 8.71. The van der Waals surface area contributed by atoms with Gasteiger partial charge >= 0.3 is 5.97 Å². The van der Waals surface area contributed by atoms with Gasteiger partial charge in [-0.25, -0.2) is 10.2 Å². The van der Waals surface area contributed by atoms with E-state index in [0.29, 0.717) is 5.56 Å².